The van der Waals surface area contributed by atoms with Gasteiger partial charge in [-0.2, -0.15) is 0 Å². The van der Waals surface area contributed by atoms with Gasteiger partial charge < -0.3 is 26.1 Å². The number of carbonyl (C=O) groups is 1. The van der Waals surface area contributed by atoms with E-state index in [1.54, 1.807) is 18.5 Å². The summed E-state index contributed by atoms with van der Waals surface area (Å²) in [7, 11) is 0. The van der Waals surface area contributed by atoms with Crippen LogP contribution >= 0.6 is 0 Å². The molecule has 150 valence electrons. The minimum atomic E-state index is -0.545. The van der Waals surface area contributed by atoms with Crippen molar-refractivity contribution >= 4 is 28.3 Å². The van der Waals surface area contributed by atoms with Crippen LogP contribution in [0.25, 0.3) is 11.0 Å². The standard InChI is InChI=1S/C23H21N5O2/c24-18-3-1-2-4-19(18)28-23(13-30-23)17-8-5-15(6-9-17)12-25-22(29)16-7-10-20-21(11-16)27-14-26-20/h1-11,14,28H,12-13,24H2,(H,25,29)(H,26,27). The van der Waals surface area contributed by atoms with Crippen molar-refractivity contribution in [1.29, 1.82) is 0 Å². The van der Waals surface area contributed by atoms with Crippen LogP contribution in [-0.4, -0.2) is 22.5 Å². The van der Waals surface area contributed by atoms with Crippen molar-refractivity contribution in [3.05, 3.63) is 89.7 Å². The zero-order valence-electron chi connectivity index (χ0n) is 16.2. The number of ether oxygens (including phenoxy) is 1. The minimum absolute atomic E-state index is 0.126. The Morgan fingerprint density at radius 3 is 2.70 bits per heavy atom. The maximum absolute atomic E-state index is 12.5. The molecule has 1 amide bonds. The molecule has 5 rings (SSSR count). The Hall–Kier alpha value is -3.84. The van der Waals surface area contributed by atoms with Crippen LogP contribution in [0.15, 0.2) is 73.1 Å². The maximum Gasteiger partial charge on any atom is 0.251 e. The van der Waals surface area contributed by atoms with E-state index < -0.39 is 5.72 Å². The first kappa shape index (κ1) is 18.2. The number of imidazole rings is 1. The molecule has 0 radical (unpaired) electrons. The van der Waals surface area contributed by atoms with Crippen LogP contribution in [0.4, 0.5) is 11.4 Å². The lowest BCUT2D eigenvalue weighted by Gasteiger charge is -2.18. The number of rotatable bonds is 6. The second kappa shape index (κ2) is 7.20. The van der Waals surface area contributed by atoms with Crippen LogP contribution in [0.3, 0.4) is 0 Å². The normalized spacial score (nSPS) is 17.6. The summed E-state index contributed by atoms with van der Waals surface area (Å²) in [5, 5.41) is 6.35. The number of fused-ring (bicyclic) bond motifs is 1. The Bertz CT molecular complexity index is 1210. The number of aromatic amines is 1. The molecule has 1 aliphatic heterocycles. The fraction of sp³-hybridized carbons (Fsp3) is 0.130. The number of nitrogens with zero attached hydrogens (tertiary/aromatic N) is 1. The summed E-state index contributed by atoms with van der Waals surface area (Å²) in [6.07, 6.45) is 1.62. The molecule has 0 spiro atoms. The van der Waals surface area contributed by atoms with Crippen LogP contribution < -0.4 is 16.4 Å². The lowest BCUT2D eigenvalue weighted by atomic mass is 10.0. The highest BCUT2D eigenvalue weighted by Gasteiger charge is 2.47. The Labute approximate surface area is 173 Å². The van der Waals surface area contributed by atoms with E-state index in [4.69, 9.17) is 10.5 Å². The predicted octanol–water partition coefficient (Wildman–Crippen LogP) is 3.37. The molecule has 1 aliphatic rings. The Morgan fingerprint density at radius 2 is 1.93 bits per heavy atom. The molecule has 1 atom stereocenters. The third kappa shape index (κ3) is 3.46. The van der Waals surface area contributed by atoms with E-state index in [1.165, 1.54) is 0 Å². The van der Waals surface area contributed by atoms with Gasteiger partial charge in [0.1, 0.15) is 6.61 Å². The van der Waals surface area contributed by atoms with E-state index in [0.717, 1.165) is 27.8 Å². The van der Waals surface area contributed by atoms with Gasteiger partial charge in [0.2, 0.25) is 0 Å². The van der Waals surface area contributed by atoms with Crippen LogP contribution in [0, 0.1) is 0 Å². The number of anilines is 2. The Balaban J connectivity index is 1.24. The smallest absolute Gasteiger partial charge is 0.251 e. The van der Waals surface area contributed by atoms with Crippen molar-refractivity contribution in [2.75, 3.05) is 17.7 Å². The number of amides is 1. The molecule has 0 saturated carbocycles. The van der Waals surface area contributed by atoms with E-state index in [9.17, 15) is 4.79 Å². The molecule has 30 heavy (non-hydrogen) atoms. The molecule has 3 aromatic carbocycles. The number of hydrogen-bond donors (Lipinski definition) is 4. The molecular weight excluding hydrogens is 378 g/mol. The molecule has 7 heteroatoms. The second-order valence-corrected chi connectivity index (χ2v) is 7.34. The highest BCUT2D eigenvalue weighted by molar-refractivity contribution is 5.97. The quantitative estimate of drug-likeness (QED) is 0.294. The zero-order valence-corrected chi connectivity index (χ0v) is 16.2. The number of carbonyl (C=O) groups excluding carboxylic acids is 1. The summed E-state index contributed by atoms with van der Waals surface area (Å²) >= 11 is 0. The summed E-state index contributed by atoms with van der Waals surface area (Å²) in [5.41, 5.74) is 11.3. The van der Waals surface area contributed by atoms with Gasteiger partial charge in [-0.05, 0) is 35.9 Å². The average molecular weight is 399 g/mol. The third-order valence-corrected chi connectivity index (χ3v) is 5.29. The number of aromatic nitrogens is 2. The van der Waals surface area contributed by atoms with Crippen molar-refractivity contribution in [3.63, 3.8) is 0 Å². The molecule has 7 nitrogen and oxygen atoms in total. The van der Waals surface area contributed by atoms with Crippen molar-refractivity contribution in [2.24, 2.45) is 0 Å². The molecule has 1 unspecified atom stereocenters. The molecule has 2 heterocycles. The molecule has 1 aromatic heterocycles. The number of H-pyrrole nitrogens is 1. The number of nitrogen functional groups attached to an aromatic ring is 1. The summed E-state index contributed by atoms with van der Waals surface area (Å²) in [6.45, 7) is 1.01. The van der Waals surface area contributed by atoms with Crippen LogP contribution in [0.1, 0.15) is 21.5 Å². The van der Waals surface area contributed by atoms with Gasteiger partial charge in [-0.25, -0.2) is 4.98 Å². The van der Waals surface area contributed by atoms with Crippen molar-refractivity contribution in [2.45, 2.75) is 12.3 Å². The number of epoxide rings is 1. The third-order valence-electron chi connectivity index (χ3n) is 5.29. The molecule has 4 aromatic rings. The van der Waals surface area contributed by atoms with Gasteiger partial charge in [0.15, 0.2) is 5.72 Å². The van der Waals surface area contributed by atoms with E-state index in [0.29, 0.717) is 24.4 Å². The fourth-order valence-corrected chi connectivity index (χ4v) is 3.46. The number of nitrogens with two attached hydrogens (primary N) is 1. The van der Waals surface area contributed by atoms with Gasteiger partial charge in [0.05, 0.1) is 28.7 Å². The maximum atomic E-state index is 12.5. The number of benzene rings is 3. The van der Waals surface area contributed by atoms with Crippen molar-refractivity contribution in [1.82, 2.24) is 15.3 Å². The summed E-state index contributed by atoms with van der Waals surface area (Å²) in [5.74, 6) is -0.126. The molecular formula is C23H21N5O2. The highest BCUT2D eigenvalue weighted by Crippen LogP contribution is 2.40. The SMILES string of the molecule is Nc1ccccc1NC1(c2ccc(CNC(=O)c3ccc4nc[nH]c4c3)cc2)CO1. The van der Waals surface area contributed by atoms with Crippen molar-refractivity contribution in [3.8, 4) is 0 Å². The minimum Gasteiger partial charge on any atom is -0.397 e. The van der Waals surface area contributed by atoms with E-state index in [-0.39, 0.29) is 5.91 Å². The van der Waals surface area contributed by atoms with E-state index in [2.05, 4.69) is 20.6 Å². The van der Waals surface area contributed by atoms with Crippen molar-refractivity contribution < 1.29 is 9.53 Å². The molecule has 1 fully saturated rings. The van der Waals surface area contributed by atoms with Gasteiger partial charge in [-0.15, -0.1) is 0 Å². The van der Waals surface area contributed by atoms with Gasteiger partial charge in [0, 0.05) is 17.7 Å². The summed E-state index contributed by atoms with van der Waals surface area (Å²) in [6, 6.07) is 21.0. The number of hydrogen-bond acceptors (Lipinski definition) is 5. The van der Waals surface area contributed by atoms with Crippen LogP contribution in [0.2, 0.25) is 0 Å². The van der Waals surface area contributed by atoms with Crippen LogP contribution in [0.5, 0.6) is 0 Å². The van der Waals surface area contributed by atoms with E-state index in [1.807, 2.05) is 54.6 Å². The average Bonchev–Trinajstić information content (AvgIpc) is 3.40. The van der Waals surface area contributed by atoms with Gasteiger partial charge in [-0.1, -0.05) is 36.4 Å². The summed E-state index contributed by atoms with van der Waals surface area (Å²) < 4.78 is 5.72. The fourth-order valence-electron chi connectivity index (χ4n) is 3.46. The lowest BCUT2D eigenvalue weighted by molar-refractivity contribution is 0.0951. The Kier molecular flexibility index (Phi) is 4.37. The first-order valence-electron chi connectivity index (χ1n) is 9.70. The predicted molar refractivity (Wildman–Crippen MR) is 116 cm³/mol. The largest absolute Gasteiger partial charge is 0.397 e. The highest BCUT2D eigenvalue weighted by atomic mass is 16.6. The zero-order chi connectivity index (χ0) is 20.6. The molecule has 1 saturated heterocycles. The second-order valence-electron chi connectivity index (χ2n) is 7.34. The monoisotopic (exact) mass is 399 g/mol. The molecule has 0 aliphatic carbocycles. The van der Waals surface area contributed by atoms with Gasteiger partial charge >= 0.3 is 0 Å². The van der Waals surface area contributed by atoms with Gasteiger partial charge in [-0.3, -0.25) is 4.79 Å². The number of nitrogens with one attached hydrogen (secondary N) is 3. The molecule has 5 N–H and O–H groups in total. The number of para-hydroxylation sites is 2. The van der Waals surface area contributed by atoms with Crippen LogP contribution in [-0.2, 0) is 17.0 Å². The van der Waals surface area contributed by atoms with E-state index >= 15 is 0 Å². The Morgan fingerprint density at radius 1 is 1.13 bits per heavy atom. The molecule has 0 bridgehead atoms. The summed E-state index contributed by atoms with van der Waals surface area (Å²) in [4.78, 5) is 19.7. The first-order valence-corrected chi connectivity index (χ1v) is 9.70. The van der Waals surface area contributed by atoms with Gasteiger partial charge in [0.25, 0.3) is 5.91 Å². The topological polar surface area (TPSA) is 108 Å². The first-order chi connectivity index (χ1) is 14.6. The lowest BCUT2D eigenvalue weighted by Crippen LogP contribution is -2.23.